The molecule has 5 nitrogen and oxygen atoms in total. The number of aromatic nitrogens is 2. The number of rotatable bonds is 2. The number of hydrogen-bond acceptors (Lipinski definition) is 4. The van der Waals surface area contributed by atoms with Gasteiger partial charge in [0.15, 0.2) is 5.82 Å². The molecule has 1 N–H and O–H groups in total. The van der Waals surface area contributed by atoms with Crippen LogP contribution in [-0.2, 0) is 4.79 Å². The summed E-state index contributed by atoms with van der Waals surface area (Å²) in [5.41, 5.74) is 0. The maximum atomic E-state index is 12.3. The molecular weight excluding hydrogens is 216 g/mol. The Kier molecular flexibility index (Phi) is 3.68. The van der Waals surface area contributed by atoms with Crippen LogP contribution in [-0.4, -0.2) is 35.5 Å². The first-order chi connectivity index (χ1) is 8.22. The van der Waals surface area contributed by atoms with Gasteiger partial charge in [0, 0.05) is 18.9 Å². The molecule has 0 radical (unpaired) electrons. The molecule has 2 atom stereocenters. The predicted molar refractivity (Wildman–Crippen MR) is 65.6 cm³/mol. The number of carbonyl (C=O) groups is 1. The fourth-order valence-electron chi connectivity index (χ4n) is 2.17. The molecule has 2 unspecified atom stereocenters. The molecule has 1 fully saturated rings. The molecular formula is C12H18N4O. The van der Waals surface area contributed by atoms with Gasteiger partial charge < -0.3 is 5.32 Å². The zero-order valence-electron chi connectivity index (χ0n) is 10.3. The van der Waals surface area contributed by atoms with Gasteiger partial charge in [0.05, 0.1) is 12.2 Å². The number of anilines is 1. The first-order valence-corrected chi connectivity index (χ1v) is 5.97. The second-order valence-electron chi connectivity index (χ2n) is 4.52. The summed E-state index contributed by atoms with van der Waals surface area (Å²) in [6, 6.07) is -0.116. The second kappa shape index (κ2) is 5.23. The Bertz CT molecular complexity index is 381. The lowest BCUT2D eigenvalue weighted by Crippen LogP contribution is -2.44. The van der Waals surface area contributed by atoms with E-state index in [4.69, 9.17) is 0 Å². The molecule has 0 bridgehead atoms. The quantitative estimate of drug-likeness (QED) is 0.823. The number of likely N-dealkylation sites (N-methyl/N-ethyl adjacent to an activating group) is 1. The van der Waals surface area contributed by atoms with Crippen LogP contribution in [0, 0.1) is 5.92 Å². The average molecular weight is 234 g/mol. The third kappa shape index (κ3) is 2.61. The van der Waals surface area contributed by atoms with E-state index in [9.17, 15) is 4.79 Å². The third-order valence-corrected chi connectivity index (χ3v) is 3.22. The average Bonchev–Trinajstić information content (AvgIpc) is 2.50. The van der Waals surface area contributed by atoms with Crippen molar-refractivity contribution in [1.29, 1.82) is 0 Å². The van der Waals surface area contributed by atoms with E-state index < -0.39 is 0 Å². The normalized spacial score (nSPS) is 25.8. The van der Waals surface area contributed by atoms with Gasteiger partial charge in [-0.05, 0) is 25.8 Å². The van der Waals surface area contributed by atoms with E-state index in [1.54, 1.807) is 23.5 Å². The fourth-order valence-corrected chi connectivity index (χ4v) is 2.17. The van der Waals surface area contributed by atoms with Crippen LogP contribution in [0.25, 0.3) is 0 Å². The molecule has 0 aromatic carbocycles. The highest BCUT2D eigenvalue weighted by Crippen LogP contribution is 2.21. The number of amides is 1. The standard InChI is InChI=1S/C12H18N4O/c1-9-3-6-16(11-8-14-4-5-15-11)12(17)10(7-9)13-2/h4-5,8-10,13H,3,6-7H2,1-2H3. The van der Waals surface area contributed by atoms with E-state index in [0.717, 1.165) is 19.4 Å². The smallest absolute Gasteiger partial charge is 0.245 e. The lowest BCUT2D eigenvalue weighted by molar-refractivity contribution is -0.120. The summed E-state index contributed by atoms with van der Waals surface area (Å²) in [5.74, 6) is 1.28. The van der Waals surface area contributed by atoms with Crippen molar-refractivity contribution in [1.82, 2.24) is 15.3 Å². The van der Waals surface area contributed by atoms with Crippen molar-refractivity contribution >= 4 is 11.7 Å². The molecule has 1 amide bonds. The van der Waals surface area contributed by atoms with E-state index in [1.807, 2.05) is 7.05 Å². The summed E-state index contributed by atoms with van der Waals surface area (Å²) in [5, 5.41) is 3.08. The van der Waals surface area contributed by atoms with Crippen LogP contribution in [0.5, 0.6) is 0 Å². The molecule has 0 saturated carbocycles. The summed E-state index contributed by atoms with van der Waals surface area (Å²) in [6.45, 7) is 2.90. The Hall–Kier alpha value is -1.49. The van der Waals surface area contributed by atoms with Crippen LogP contribution in [0.4, 0.5) is 5.82 Å². The third-order valence-electron chi connectivity index (χ3n) is 3.22. The molecule has 1 aliphatic heterocycles. The SMILES string of the molecule is CNC1CC(C)CCN(c2cnccn2)C1=O. The van der Waals surface area contributed by atoms with Crippen LogP contribution in [0.3, 0.4) is 0 Å². The van der Waals surface area contributed by atoms with Gasteiger partial charge in [-0.2, -0.15) is 0 Å². The van der Waals surface area contributed by atoms with Crippen molar-refractivity contribution in [2.45, 2.75) is 25.8 Å². The van der Waals surface area contributed by atoms with Crippen LogP contribution < -0.4 is 10.2 Å². The van der Waals surface area contributed by atoms with Gasteiger partial charge in [-0.15, -0.1) is 0 Å². The second-order valence-corrected chi connectivity index (χ2v) is 4.52. The predicted octanol–water partition coefficient (Wildman–Crippen LogP) is 0.827. The van der Waals surface area contributed by atoms with E-state index in [1.165, 1.54) is 0 Å². The molecule has 1 saturated heterocycles. The summed E-state index contributed by atoms with van der Waals surface area (Å²) in [6.07, 6.45) is 6.75. The molecule has 1 aromatic rings. The van der Waals surface area contributed by atoms with Gasteiger partial charge in [0.1, 0.15) is 0 Å². The Morgan fingerprint density at radius 2 is 2.29 bits per heavy atom. The molecule has 92 valence electrons. The van der Waals surface area contributed by atoms with Gasteiger partial charge in [0.2, 0.25) is 5.91 Å². The lowest BCUT2D eigenvalue weighted by atomic mass is 10.0. The molecule has 1 aliphatic rings. The zero-order chi connectivity index (χ0) is 12.3. The maximum absolute atomic E-state index is 12.3. The molecule has 17 heavy (non-hydrogen) atoms. The van der Waals surface area contributed by atoms with Gasteiger partial charge >= 0.3 is 0 Å². The first kappa shape index (κ1) is 12.0. The molecule has 1 aromatic heterocycles. The monoisotopic (exact) mass is 234 g/mol. The summed E-state index contributed by atoms with van der Waals surface area (Å²) >= 11 is 0. The van der Waals surface area contributed by atoms with Crippen molar-refractivity contribution in [3.05, 3.63) is 18.6 Å². The van der Waals surface area contributed by atoms with Crippen molar-refractivity contribution in [3.63, 3.8) is 0 Å². The van der Waals surface area contributed by atoms with Crippen LogP contribution in [0.1, 0.15) is 19.8 Å². The minimum atomic E-state index is -0.116. The zero-order valence-corrected chi connectivity index (χ0v) is 10.3. The Morgan fingerprint density at radius 3 is 2.94 bits per heavy atom. The van der Waals surface area contributed by atoms with Gasteiger partial charge in [0.25, 0.3) is 0 Å². The van der Waals surface area contributed by atoms with E-state index in [-0.39, 0.29) is 11.9 Å². The Labute approximate surface area is 101 Å². The number of hydrogen-bond donors (Lipinski definition) is 1. The molecule has 2 heterocycles. The Morgan fingerprint density at radius 1 is 1.47 bits per heavy atom. The van der Waals surface area contributed by atoms with Crippen molar-refractivity contribution in [3.8, 4) is 0 Å². The van der Waals surface area contributed by atoms with Crippen LogP contribution in [0.15, 0.2) is 18.6 Å². The minimum Gasteiger partial charge on any atom is -0.309 e. The maximum Gasteiger partial charge on any atom is 0.245 e. The highest BCUT2D eigenvalue weighted by molar-refractivity contribution is 5.96. The molecule has 2 rings (SSSR count). The van der Waals surface area contributed by atoms with E-state index >= 15 is 0 Å². The van der Waals surface area contributed by atoms with E-state index in [2.05, 4.69) is 22.2 Å². The van der Waals surface area contributed by atoms with Crippen LogP contribution in [0.2, 0.25) is 0 Å². The van der Waals surface area contributed by atoms with Gasteiger partial charge in [-0.1, -0.05) is 6.92 Å². The summed E-state index contributed by atoms with van der Waals surface area (Å²) < 4.78 is 0. The number of nitrogens with zero attached hydrogens (tertiary/aromatic N) is 3. The number of nitrogens with one attached hydrogen (secondary N) is 1. The van der Waals surface area contributed by atoms with Crippen molar-refractivity contribution < 1.29 is 4.79 Å². The summed E-state index contributed by atoms with van der Waals surface area (Å²) in [7, 11) is 1.83. The number of carbonyl (C=O) groups excluding carboxylic acids is 1. The summed E-state index contributed by atoms with van der Waals surface area (Å²) in [4.78, 5) is 22.3. The largest absolute Gasteiger partial charge is 0.309 e. The Balaban J connectivity index is 2.24. The van der Waals surface area contributed by atoms with Crippen molar-refractivity contribution in [2.75, 3.05) is 18.5 Å². The molecule has 0 spiro atoms. The van der Waals surface area contributed by atoms with Crippen LogP contribution >= 0.6 is 0 Å². The first-order valence-electron chi connectivity index (χ1n) is 5.97. The molecule has 5 heteroatoms. The highest BCUT2D eigenvalue weighted by atomic mass is 16.2. The lowest BCUT2D eigenvalue weighted by Gasteiger charge is -2.22. The fraction of sp³-hybridized carbons (Fsp3) is 0.583. The molecule has 0 aliphatic carbocycles. The van der Waals surface area contributed by atoms with Crippen molar-refractivity contribution in [2.24, 2.45) is 5.92 Å². The van der Waals surface area contributed by atoms with Gasteiger partial charge in [-0.3, -0.25) is 14.7 Å². The van der Waals surface area contributed by atoms with Gasteiger partial charge in [-0.25, -0.2) is 4.98 Å². The highest BCUT2D eigenvalue weighted by Gasteiger charge is 2.30. The van der Waals surface area contributed by atoms with E-state index in [0.29, 0.717) is 11.7 Å². The minimum absolute atomic E-state index is 0.0948. The topological polar surface area (TPSA) is 58.1 Å².